The van der Waals surface area contributed by atoms with Gasteiger partial charge < -0.3 is 5.32 Å². The van der Waals surface area contributed by atoms with Crippen molar-refractivity contribution in [1.82, 2.24) is 5.32 Å². The zero-order chi connectivity index (χ0) is 13.9. The third-order valence-electron chi connectivity index (χ3n) is 4.59. The molecule has 2 nitrogen and oxygen atoms in total. The molecule has 0 radical (unpaired) electrons. The normalized spacial score (nSPS) is 31.5. The summed E-state index contributed by atoms with van der Waals surface area (Å²) in [7, 11) is 0. The van der Waals surface area contributed by atoms with E-state index in [2.05, 4.69) is 12.2 Å². The Morgan fingerprint density at radius 1 is 1.05 bits per heavy atom. The Labute approximate surface area is 116 Å². The molecule has 2 bridgehead atoms. The van der Waals surface area contributed by atoms with Gasteiger partial charge in [-0.05, 0) is 49.7 Å². The fraction of sp³-hybridized carbons (Fsp3) is 0.588. The molecule has 0 spiro atoms. The first-order valence-corrected chi connectivity index (χ1v) is 7.49. The molecule has 0 unspecified atom stereocenters. The Kier molecular flexibility index (Phi) is 3.98. The number of amides is 1. The van der Waals surface area contributed by atoms with Crippen molar-refractivity contribution in [2.45, 2.75) is 58.4 Å². The van der Waals surface area contributed by atoms with Crippen LogP contribution in [0.15, 0.2) is 30.3 Å². The van der Waals surface area contributed by atoms with E-state index in [4.69, 9.17) is 0 Å². The lowest BCUT2D eigenvalue weighted by molar-refractivity contribution is 0.0901. The van der Waals surface area contributed by atoms with E-state index in [0.717, 1.165) is 18.4 Å². The van der Waals surface area contributed by atoms with Crippen LogP contribution in [0.3, 0.4) is 0 Å². The van der Waals surface area contributed by atoms with Gasteiger partial charge in [0.2, 0.25) is 0 Å². The van der Waals surface area contributed by atoms with E-state index in [-0.39, 0.29) is 11.4 Å². The second-order valence-corrected chi connectivity index (χ2v) is 6.09. The van der Waals surface area contributed by atoms with Gasteiger partial charge >= 0.3 is 0 Å². The third kappa shape index (κ3) is 2.83. The lowest BCUT2D eigenvalue weighted by atomic mass is 9.86. The van der Waals surface area contributed by atoms with Crippen molar-refractivity contribution in [3.63, 3.8) is 0 Å². The molecular formula is C17H25NO. The molecule has 0 saturated heterocycles. The van der Waals surface area contributed by atoms with Crippen LogP contribution in [0, 0.1) is 5.41 Å². The molecule has 1 amide bonds. The average Bonchev–Trinajstić information content (AvgIpc) is 2.95. The molecule has 0 aliphatic heterocycles. The summed E-state index contributed by atoms with van der Waals surface area (Å²) in [6.45, 7) is 6.36. The minimum absolute atomic E-state index is 0.0942. The summed E-state index contributed by atoms with van der Waals surface area (Å²) < 4.78 is 0. The standard InChI is InChI=1S/C15H19NO.C2H6/c1-14-7-9-15(11-14,10-8-14)16-13(17)12-5-3-2-4-6-12;1-2/h2-6H,7-11H2,1H3,(H,16,17);1-2H3. The largest absolute Gasteiger partial charge is 0.347 e. The van der Waals surface area contributed by atoms with Crippen LogP contribution in [-0.2, 0) is 0 Å². The molecular weight excluding hydrogens is 234 g/mol. The first-order valence-electron chi connectivity index (χ1n) is 7.49. The Balaban J connectivity index is 0.000000637. The van der Waals surface area contributed by atoms with Crippen molar-refractivity contribution < 1.29 is 4.79 Å². The first-order chi connectivity index (χ1) is 9.11. The number of hydrogen-bond acceptors (Lipinski definition) is 1. The molecule has 0 atom stereocenters. The van der Waals surface area contributed by atoms with Gasteiger partial charge in [-0.3, -0.25) is 4.79 Å². The van der Waals surface area contributed by atoms with Crippen molar-refractivity contribution in [2.75, 3.05) is 0 Å². The summed E-state index contributed by atoms with van der Waals surface area (Å²) in [6, 6.07) is 9.54. The quantitative estimate of drug-likeness (QED) is 0.848. The van der Waals surface area contributed by atoms with Gasteiger partial charge in [0.1, 0.15) is 0 Å². The van der Waals surface area contributed by atoms with Crippen molar-refractivity contribution >= 4 is 5.91 Å². The maximum atomic E-state index is 12.2. The van der Waals surface area contributed by atoms with Gasteiger partial charge in [-0.15, -0.1) is 0 Å². The highest BCUT2D eigenvalue weighted by atomic mass is 16.1. The van der Waals surface area contributed by atoms with Crippen LogP contribution < -0.4 is 5.32 Å². The number of rotatable bonds is 2. The Morgan fingerprint density at radius 2 is 1.63 bits per heavy atom. The Morgan fingerprint density at radius 3 is 2.11 bits per heavy atom. The van der Waals surface area contributed by atoms with E-state index >= 15 is 0 Å². The van der Waals surface area contributed by atoms with Crippen molar-refractivity contribution in [3.05, 3.63) is 35.9 Å². The van der Waals surface area contributed by atoms with Gasteiger partial charge in [0.05, 0.1) is 0 Å². The molecule has 1 aromatic rings. The van der Waals surface area contributed by atoms with E-state index in [1.807, 2.05) is 44.2 Å². The van der Waals surface area contributed by atoms with Gasteiger partial charge in [-0.2, -0.15) is 0 Å². The third-order valence-corrected chi connectivity index (χ3v) is 4.59. The van der Waals surface area contributed by atoms with Crippen LogP contribution in [0.4, 0.5) is 0 Å². The van der Waals surface area contributed by atoms with Crippen LogP contribution in [0.5, 0.6) is 0 Å². The monoisotopic (exact) mass is 259 g/mol. The molecule has 1 N–H and O–H groups in total. The summed E-state index contributed by atoms with van der Waals surface area (Å²) in [6.07, 6.45) is 6.01. The van der Waals surface area contributed by atoms with Crippen LogP contribution in [0.25, 0.3) is 0 Å². The fourth-order valence-electron chi connectivity index (χ4n) is 3.57. The summed E-state index contributed by atoms with van der Waals surface area (Å²) in [5.74, 6) is 0.0942. The van der Waals surface area contributed by atoms with Crippen molar-refractivity contribution in [1.29, 1.82) is 0 Å². The van der Waals surface area contributed by atoms with Crippen LogP contribution >= 0.6 is 0 Å². The Hall–Kier alpha value is -1.31. The molecule has 2 saturated carbocycles. The molecule has 2 aliphatic rings. The number of fused-ring (bicyclic) bond motifs is 2. The smallest absolute Gasteiger partial charge is 0.251 e. The Bertz CT molecular complexity index is 430. The molecule has 104 valence electrons. The highest BCUT2D eigenvalue weighted by Gasteiger charge is 2.52. The predicted octanol–water partition coefficient (Wildman–Crippen LogP) is 4.17. The summed E-state index contributed by atoms with van der Waals surface area (Å²) in [5, 5.41) is 3.29. The zero-order valence-corrected chi connectivity index (χ0v) is 12.3. The van der Waals surface area contributed by atoms with Gasteiger partial charge in [-0.1, -0.05) is 39.0 Å². The second kappa shape index (κ2) is 5.36. The molecule has 0 heterocycles. The lowest BCUT2D eigenvalue weighted by Gasteiger charge is -2.28. The maximum absolute atomic E-state index is 12.2. The summed E-state index contributed by atoms with van der Waals surface area (Å²) in [5.41, 5.74) is 1.37. The number of nitrogens with one attached hydrogen (secondary N) is 1. The van der Waals surface area contributed by atoms with Gasteiger partial charge in [0.25, 0.3) is 5.91 Å². The number of hydrogen-bond donors (Lipinski definition) is 1. The van der Waals surface area contributed by atoms with Crippen molar-refractivity contribution in [2.24, 2.45) is 5.41 Å². The summed E-state index contributed by atoms with van der Waals surface area (Å²) in [4.78, 5) is 12.2. The van der Waals surface area contributed by atoms with E-state index in [1.165, 1.54) is 19.3 Å². The number of benzene rings is 1. The van der Waals surface area contributed by atoms with E-state index in [9.17, 15) is 4.79 Å². The first kappa shape index (κ1) is 14.1. The minimum Gasteiger partial charge on any atom is -0.347 e. The minimum atomic E-state index is 0.0942. The predicted molar refractivity (Wildman–Crippen MR) is 79.2 cm³/mol. The van der Waals surface area contributed by atoms with E-state index < -0.39 is 0 Å². The van der Waals surface area contributed by atoms with Gasteiger partial charge in [-0.25, -0.2) is 0 Å². The molecule has 19 heavy (non-hydrogen) atoms. The highest BCUT2D eigenvalue weighted by Crippen LogP contribution is 2.56. The van der Waals surface area contributed by atoms with Crippen LogP contribution in [0.2, 0.25) is 0 Å². The number of carbonyl (C=O) groups excluding carboxylic acids is 1. The molecule has 0 aromatic heterocycles. The molecule has 3 rings (SSSR count). The SMILES string of the molecule is CC.CC12CCC(NC(=O)c3ccccc3)(CC1)C2. The molecule has 1 aromatic carbocycles. The number of carbonyl (C=O) groups is 1. The average molecular weight is 259 g/mol. The highest BCUT2D eigenvalue weighted by molar-refractivity contribution is 5.94. The van der Waals surface area contributed by atoms with Gasteiger partial charge in [0, 0.05) is 11.1 Å². The van der Waals surface area contributed by atoms with Crippen LogP contribution in [0.1, 0.15) is 63.2 Å². The molecule has 2 aliphatic carbocycles. The topological polar surface area (TPSA) is 29.1 Å². The lowest BCUT2D eigenvalue weighted by Crippen LogP contribution is -2.44. The van der Waals surface area contributed by atoms with E-state index in [0.29, 0.717) is 5.41 Å². The molecule has 2 fully saturated rings. The maximum Gasteiger partial charge on any atom is 0.251 e. The second-order valence-electron chi connectivity index (χ2n) is 6.09. The van der Waals surface area contributed by atoms with Crippen molar-refractivity contribution in [3.8, 4) is 0 Å². The molecule has 2 heteroatoms. The van der Waals surface area contributed by atoms with E-state index in [1.54, 1.807) is 0 Å². The van der Waals surface area contributed by atoms with Crippen LogP contribution in [-0.4, -0.2) is 11.4 Å². The summed E-state index contributed by atoms with van der Waals surface area (Å²) >= 11 is 0. The fourth-order valence-corrected chi connectivity index (χ4v) is 3.57. The zero-order valence-electron chi connectivity index (χ0n) is 12.3. The van der Waals surface area contributed by atoms with Gasteiger partial charge in [0.15, 0.2) is 0 Å².